The van der Waals surface area contributed by atoms with Gasteiger partial charge >= 0.3 is 0 Å². The number of hydrogen-bond donors (Lipinski definition) is 1. The third-order valence-corrected chi connectivity index (χ3v) is 1.97. The third-order valence-electron chi connectivity index (χ3n) is 1.97. The van der Waals surface area contributed by atoms with E-state index in [2.05, 4.69) is 5.32 Å². The van der Waals surface area contributed by atoms with E-state index in [1.54, 1.807) is 7.05 Å². The number of carbonyl (C=O) groups excluding carboxylic acids is 1. The summed E-state index contributed by atoms with van der Waals surface area (Å²) in [5.74, 6) is 0.0191. The van der Waals surface area contributed by atoms with E-state index >= 15 is 0 Å². The van der Waals surface area contributed by atoms with Crippen LogP contribution in [0.25, 0.3) is 0 Å². The van der Waals surface area contributed by atoms with Crippen LogP contribution in [-0.2, 0) is 9.63 Å². The summed E-state index contributed by atoms with van der Waals surface area (Å²) in [6, 6.07) is 0.672. The van der Waals surface area contributed by atoms with Gasteiger partial charge in [0, 0.05) is 26.1 Å². The fourth-order valence-electron chi connectivity index (χ4n) is 0.930. The summed E-state index contributed by atoms with van der Waals surface area (Å²) in [5.41, 5.74) is 0. The van der Waals surface area contributed by atoms with Crippen LogP contribution in [-0.4, -0.2) is 37.7 Å². The number of rotatable bonds is 5. The molecule has 0 aliphatic heterocycles. The molecule has 1 rings (SSSR count). The summed E-state index contributed by atoms with van der Waals surface area (Å²) >= 11 is 0. The van der Waals surface area contributed by atoms with E-state index in [1.165, 1.54) is 25.0 Å². The molecule has 4 nitrogen and oxygen atoms in total. The molecule has 0 saturated heterocycles. The van der Waals surface area contributed by atoms with E-state index in [1.807, 2.05) is 0 Å². The highest BCUT2D eigenvalue weighted by Gasteiger charge is 2.20. The monoisotopic (exact) mass is 172 g/mol. The van der Waals surface area contributed by atoms with E-state index in [-0.39, 0.29) is 5.91 Å². The van der Waals surface area contributed by atoms with Gasteiger partial charge in [0.2, 0.25) is 5.91 Å². The lowest BCUT2D eigenvalue weighted by molar-refractivity contribution is -0.168. The number of nitrogens with one attached hydrogen (secondary N) is 1. The van der Waals surface area contributed by atoms with E-state index in [0.29, 0.717) is 12.5 Å². The van der Waals surface area contributed by atoms with Crippen LogP contribution < -0.4 is 5.32 Å². The second-order valence-corrected chi connectivity index (χ2v) is 3.05. The average molecular weight is 172 g/mol. The third kappa shape index (κ3) is 3.19. The summed E-state index contributed by atoms with van der Waals surface area (Å²) in [7, 11) is 3.12. The van der Waals surface area contributed by atoms with Crippen LogP contribution in [0.2, 0.25) is 0 Å². The normalized spacial score (nSPS) is 16.2. The summed E-state index contributed by atoms with van der Waals surface area (Å²) in [5, 5.41) is 4.52. The molecule has 0 aromatic carbocycles. The largest absolute Gasteiger partial charge is 0.313 e. The number of hydroxylamine groups is 2. The Balaban J connectivity index is 2.00. The van der Waals surface area contributed by atoms with Gasteiger partial charge in [0.1, 0.15) is 0 Å². The molecule has 0 aromatic rings. The lowest BCUT2D eigenvalue weighted by Gasteiger charge is -2.13. The molecule has 1 N–H and O–H groups in total. The van der Waals surface area contributed by atoms with Crippen LogP contribution in [0.5, 0.6) is 0 Å². The lowest BCUT2D eigenvalue weighted by Crippen LogP contribution is -2.29. The van der Waals surface area contributed by atoms with E-state index in [4.69, 9.17) is 4.84 Å². The van der Waals surface area contributed by atoms with Crippen molar-refractivity contribution >= 4 is 5.91 Å². The Morgan fingerprint density at radius 1 is 1.67 bits per heavy atom. The predicted molar refractivity (Wildman–Crippen MR) is 45.4 cm³/mol. The molecule has 0 aromatic heterocycles. The fraction of sp³-hybridized carbons (Fsp3) is 0.875. The molecule has 1 fully saturated rings. The van der Waals surface area contributed by atoms with Crippen molar-refractivity contribution < 1.29 is 9.63 Å². The molecule has 1 aliphatic carbocycles. The van der Waals surface area contributed by atoms with Gasteiger partial charge in [0.15, 0.2) is 0 Å². The van der Waals surface area contributed by atoms with Gasteiger partial charge < -0.3 is 5.32 Å². The molecule has 12 heavy (non-hydrogen) atoms. The van der Waals surface area contributed by atoms with Gasteiger partial charge in [-0.1, -0.05) is 0 Å². The summed E-state index contributed by atoms with van der Waals surface area (Å²) < 4.78 is 0. The van der Waals surface area contributed by atoms with Gasteiger partial charge in [-0.25, -0.2) is 5.06 Å². The van der Waals surface area contributed by atoms with Gasteiger partial charge in [-0.3, -0.25) is 9.63 Å². The smallest absolute Gasteiger partial charge is 0.247 e. The Hall–Kier alpha value is -0.610. The maximum Gasteiger partial charge on any atom is 0.247 e. The van der Waals surface area contributed by atoms with Crippen molar-refractivity contribution in [1.29, 1.82) is 0 Å². The van der Waals surface area contributed by atoms with Crippen molar-refractivity contribution in [2.45, 2.75) is 25.3 Å². The molecule has 70 valence electrons. The topological polar surface area (TPSA) is 41.6 Å². The zero-order valence-electron chi connectivity index (χ0n) is 7.67. The average Bonchev–Trinajstić information content (AvgIpc) is 2.86. The molecule has 0 spiro atoms. The SMILES string of the molecule is CON(C)C(=O)CCNC1CC1. The maximum absolute atomic E-state index is 11.1. The Morgan fingerprint density at radius 3 is 2.83 bits per heavy atom. The summed E-state index contributed by atoms with van der Waals surface area (Å²) in [4.78, 5) is 15.9. The summed E-state index contributed by atoms with van der Waals surface area (Å²) in [6.07, 6.45) is 3.03. The molecule has 4 heteroatoms. The van der Waals surface area contributed by atoms with Gasteiger partial charge in [-0.2, -0.15) is 0 Å². The zero-order valence-corrected chi connectivity index (χ0v) is 7.67. The maximum atomic E-state index is 11.1. The molecule has 0 heterocycles. The minimum absolute atomic E-state index is 0.0191. The number of amides is 1. The number of hydrogen-bond acceptors (Lipinski definition) is 3. The highest BCUT2D eigenvalue weighted by molar-refractivity contribution is 5.74. The van der Waals surface area contributed by atoms with Crippen molar-refractivity contribution in [3.8, 4) is 0 Å². The molecule has 1 saturated carbocycles. The first-order chi connectivity index (χ1) is 5.74. The minimum Gasteiger partial charge on any atom is -0.313 e. The lowest BCUT2D eigenvalue weighted by atomic mass is 10.4. The highest BCUT2D eigenvalue weighted by Crippen LogP contribution is 2.18. The molecule has 1 aliphatic rings. The standard InChI is InChI=1S/C8H16N2O2/c1-10(12-2)8(11)5-6-9-7-3-4-7/h7,9H,3-6H2,1-2H3. The highest BCUT2D eigenvalue weighted by atomic mass is 16.7. The molecule has 1 amide bonds. The number of nitrogens with zero attached hydrogens (tertiary/aromatic N) is 1. The van der Waals surface area contributed by atoms with Crippen molar-refractivity contribution in [3.63, 3.8) is 0 Å². The van der Waals surface area contributed by atoms with Gasteiger partial charge in [0.25, 0.3) is 0 Å². The van der Waals surface area contributed by atoms with Crippen LogP contribution in [0.3, 0.4) is 0 Å². The Kier molecular flexibility index (Phi) is 3.49. The van der Waals surface area contributed by atoms with Crippen LogP contribution >= 0.6 is 0 Å². The number of carbonyl (C=O) groups is 1. The Bertz CT molecular complexity index is 157. The summed E-state index contributed by atoms with van der Waals surface area (Å²) in [6.45, 7) is 0.761. The second-order valence-electron chi connectivity index (χ2n) is 3.05. The first-order valence-electron chi connectivity index (χ1n) is 4.28. The van der Waals surface area contributed by atoms with Gasteiger partial charge in [-0.05, 0) is 12.8 Å². The van der Waals surface area contributed by atoms with Crippen LogP contribution in [0.1, 0.15) is 19.3 Å². The van der Waals surface area contributed by atoms with E-state index < -0.39 is 0 Å². The molecular formula is C8H16N2O2. The molecular weight excluding hydrogens is 156 g/mol. The van der Waals surface area contributed by atoms with Crippen LogP contribution in [0.4, 0.5) is 0 Å². The molecule has 0 unspecified atom stereocenters. The van der Waals surface area contributed by atoms with Crippen molar-refractivity contribution in [2.75, 3.05) is 20.7 Å². The first kappa shape index (κ1) is 9.48. The van der Waals surface area contributed by atoms with Crippen molar-refractivity contribution in [2.24, 2.45) is 0 Å². The van der Waals surface area contributed by atoms with Crippen LogP contribution in [0, 0.1) is 0 Å². The minimum atomic E-state index is 0.0191. The quantitative estimate of drug-likeness (QED) is 0.600. The molecule has 0 radical (unpaired) electrons. The van der Waals surface area contributed by atoms with Gasteiger partial charge in [0.05, 0.1) is 7.11 Å². The first-order valence-corrected chi connectivity index (χ1v) is 4.28. The predicted octanol–water partition coefficient (Wildman–Crippen LogP) is 0.148. The van der Waals surface area contributed by atoms with E-state index in [9.17, 15) is 4.79 Å². The Labute approximate surface area is 72.8 Å². The van der Waals surface area contributed by atoms with Gasteiger partial charge in [-0.15, -0.1) is 0 Å². The molecule has 0 bridgehead atoms. The fourth-order valence-corrected chi connectivity index (χ4v) is 0.930. The van der Waals surface area contributed by atoms with Crippen molar-refractivity contribution in [1.82, 2.24) is 10.4 Å². The van der Waals surface area contributed by atoms with E-state index in [0.717, 1.165) is 6.54 Å². The zero-order chi connectivity index (χ0) is 8.97. The second kappa shape index (κ2) is 4.42. The van der Waals surface area contributed by atoms with Crippen molar-refractivity contribution in [3.05, 3.63) is 0 Å². The molecule has 0 atom stereocenters. The van der Waals surface area contributed by atoms with Crippen LogP contribution in [0.15, 0.2) is 0 Å². The Morgan fingerprint density at radius 2 is 2.33 bits per heavy atom.